The number of ether oxygens (including phenoxy) is 3. The Balaban J connectivity index is 1.45. The predicted octanol–water partition coefficient (Wildman–Crippen LogP) is 1.87. The molecule has 2 aliphatic heterocycles. The number of hydrogen-bond acceptors (Lipinski definition) is 12. The van der Waals surface area contributed by atoms with E-state index in [-0.39, 0.29) is 17.9 Å². The van der Waals surface area contributed by atoms with Gasteiger partial charge in [-0.3, -0.25) is 15.5 Å². The van der Waals surface area contributed by atoms with Gasteiger partial charge in [-0.2, -0.15) is 5.10 Å². The number of nitro benzene ring substituents is 1. The standard InChI is InChI=1S/C29H37N7O8/c1-5-43-24-15-19(27-26(28(38)42-4)18(2)31-29(39)32-27)6-9-23(24)44-17-25(37)33-30-16-20-14-21(36(40)41)7-8-22(20)35-12-10-34(3)11-13-35/h6-9,14-16,25,27,33,37H,5,10-13,17H2,1-4H3,(H2,31,32,39)/b30-16-/t25-,27-/m1/s1. The number of non-ortho nitro benzene ring substituents is 1. The molecular weight excluding hydrogens is 574 g/mol. The molecule has 1 saturated heterocycles. The van der Waals surface area contributed by atoms with E-state index >= 15 is 0 Å². The number of aliphatic hydroxyl groups excluding tert-OH is 1. The van der Waals surface area contributed by atoms with Crippen LogP contribution >= 0.6 is 0 Å². The van der Waals surface area contributed by atoms with E-state index in [1.165, 1.54) is 25.5 Å². The van der Waals surface area contributed by atoms with Crippen molar-refractivity contribution in [3.05, 3.63) is 68.9 Å². The molecule has 1 fully saturated rings. The molecule has 4 rings (SSSR count). The zero-order valence-electron chi connectivity index (χ0n) is 25.0. The topological polar surface area (TPSA) is 180 Å². The van der Waals surface area contributed by atoms with Gasteiger partial charge in [-0.05, 0) is 44.7 Å². The Morgan fingerprint density at radius 1 is 1.20 bits per heavy atom. The summed E-state index contributed by atoms with van der Waals surface area (Å²) in [5.41, 5.74) is 5.06. The minimum Gasteiger partial charge on any atom is -0.490 e. The van der Waals surface area contributed by atoms with Crippen LogP contribution in [0.3, 0.4) is 0 Å². The molecule has 0 spiro atoms. The van der Waals surface area contributed by atoms with E-state index in [9.17, 15) is 24.8 Å². The number of carbonyl (C=O) groups is 2. The lowest BCUT2D eigenvalue weighted by atomic mass is 9.95. The minimum absolute atomic E-state index is 0.0616. The average molecular weight is 612 g/mol. The number of likely N-dealkylation sites (N-methyl/N-ethyl adjacent to an activating group) is 1. The molecule has 2 atom stereocenters. The van der Waals surface area contributed by atoms with Crippen molar-refractivity contribution >= 4 is 29.6 Å². The van der Waals surface area contributed by atoms with Crippen molar-refractivity contribution < 1.29 is 33.8 Å². The van der Waals surface area contributed by atoms with Gasteiger partial charge in [-0.1, -0.05) is 6.07 Å². The third kappa shape index (κ3) is 7.73. The number of rotatable bonds is 12. The van der Waals surface area contributed by atoms with Gasteiger partial charge >= 0.3 is 12.0 Å². The lowest BCUT2D eigenvalue weighted by Crippen LogP contribution is -2.45. The smallest absolute Gasteiger partial charge is 0.337 e. The number of methoxy groups -OCH3 is 1. The maximum absolute atomic E-state index is 12.4. The second-order valence-corrected chi connectivity index (χ2v) is 10.2. The van der Waals surface area contributed by atoms with E-state index in [1.54, 1.807) is 38.1 Å². The Hall–Kier alpha value is -4.89. The van der Waals surface area contributed by atoms with Gasteiger partial charge in [0.2, 0.25) is 0 Å². The Kier molecular flexibility index (Phi) is 10.6. The molecule has 0 bridgehead atoms. The van der Waals surface area contributed by atoms with Gasteiger partial charge in [-0.25, -0.2) is 9.59 Å². The summed E-state index contributed by atoms with van der Waals surface area (Å²) in [7, 11) is 3.31. The summed E-state index contributed by atoms with van der Waals surface area (Å²) in [6.45, 7) is 6.76. The summed E-state index contributed by atoms with van der Waals surface area (Å²) in [6.07, 6.45) is 0.206. The van der Waals surface area contributed by atoms with Crippen LogP contribution in [0.1, 0.15) is 31.0 Å². The molecule has 15 heteroatoms. The number of anilines is 1. The maximum Gasteiger partial charge on any atom is 0.337 e. The summed E-state index contributed by atoms with van der Waals surface area (Å²) < 4.78 is 16.4. The van der Waals surface area contributed by atoms with E-state index in [4.69, 9.17) is 14.2 Å². The van der Waals surface area contributed by atoms with Gasteiger partial charge in [0.15, 0.2) is 17.7 Å². The van der Waals surface area contributed by atoms with Crippen LogP contribution in [0.25, 0.3) is 0 Å². The summed E-state index contributed by atoms with van der Waals surface area (Å²) in [6, 6.07) is 8.31. The largest absolute Gasteiger partial charge is 0.490 e. The normalized spacial score (nSPS) is 18.0. The molecular formula is C29H37N7O8. The predicted molar refractivity (Wildman–Crippen MR) is 162 cm³/mol. The monoisotopic (exact) mass is 611 g/mol. The van der Waals surface area contributed by atoms with Crippen LogP contribution < -0.4 is 30.4 Å². The first kappa shape index (κ1) is 32.0. The van der Waals surface area contributed by atoms with Crippen LogP contribution in [0.5, 0.6) is 11.5 Å². The maximum atomic E-state index is 12.4. The van der Waals surface area contributed by atoms with Crippen molar-refractivity contribution in [3.63, 3.8) is 0 Å². The fourth-order valence-corrected chi connectivity index (χ4v) is 4.91. The number of urea groups is 1. The van der Waals surface area contributed by atoms with Crippen molar-refractivity contribution in [2.24, 2.45) is 5.10 Å². The number of nitrogens with zero attached hydrogens (tertiary/aromatic N) is 4. The zero-order valence-corrected chi connectivity index (χ0v) is 25.0. The Morgan fingerprint density at radius 2 is 1.95 bits per heavy atom. The number of amides is 2. The van der Waals surface area contributed by atoms with Crippen LogP contribution in [-0.2, 0) is 9.53 Å². The van der Waals surface area contributed by atoms with Crippen molar-refractivity contribution in [1.82, 2.24) is 21.0 Å². The quantitative estimate of drug-likeness (QED) is 0.0905. The fraction of sp³-hybridized carbons (Fsp3) is 0.414. The third-order valence-corrected chi connectivity index (χ3v) is 7.17. The summed E-state index contributed by atoms with van der Waals surface area (Å²) in [5, 5.41) is 31.3. The van der Waals surface area contributed by atoms with E-state index < -0.39 is 29.2 Å². The zero-order chi connectivity index (χ0) is 31.8. The van der Waals surface area contributed by atoms with Crippen molar-refractivity contribution in [3.8, 4) is 11.5 Å². The highest BCUT2D eigenvalue weighted by atomic mass is 16.6. The van der Waals surface area contributed by atoms with Gasteiger partial charge in [0.25, 0.3) is 5.69 Å². The highest BCUT2D eigenvalue weighted by Gasteiger charge is 2.32. The molecule has 44 heavy (non-hydrogen) atoms. The first-order valence-electron chi connectivity index (χ1n) is 14.1. The number of nitrogens with one attached hydrogen (secondary N) is 3. The van der Waals surface area contributed by atoms with Gasteiger partial charge in [0.05, 0.1) is 36.5 Å². The molecule has 15 nitrogen and oxygen atoms in total. The number of allylic oxidation sites excluding steroid dienone is 1. The molecule has 2 aromatic carbocycles. The number of benzene rings is 2. The number of nitro groups is 1. The second kappa shape index (κ2) is 14.5. The van der Waals surface area contributed by atoms with E-state index in [2.05, 4.69) is 31.0 Å². The number of esters is 1. The summed E-state index contributed by atoms with van der Waals surface area (Å²) in [4.78, 5) is 39.9. The van der Waals surface area contributed by atoms with Crippen molar-refractivity contribution in [2.45, 2.75) is 26.1 Å². The van der Waals surface area contributed by atoms with E-state index in [0.717, 1.165) is 31.9 Å². The minimum atomic E-state index is -1.23. The molecule has 0 aliphatic carbocycles. The Bertz CT molecular complexity index is 1440. The highest BCUT2D eigenvalue weighted by molar-refractivity contribution is 5.95. The molecule has 0 saturated carbocycles. The molecule has 0 unspecified atom stereocenters. The fourth-order valence-electron chi connectivity index (χ4n) is 4.91. The highest BCUT2D eigenvalue weighted by Crippen LogP contribution is 2.35. The van der Waals surface area contributed by atoms with Crippen LogP contribution in [0.4, 0.5) is 16.2 Å². The van der Waals surface area contributed by atoms with Gasteiger partial charge in [0.1, 0.15) is 6.61 Å². The Labute approximate surface area is 254 Å². The lowest BCUT2D eigenvalue weighted by Gasteiger charge is -2.34. The number of hydrazone groups is 1. The SMILES string of the molecule is CCOc1cc([C@H]2NC(=O)NC(C)=C2C(=O)OC)ccc1OC[C@@H](O)N/N=C\c1cc([N+](=O)[O-])ccc1N1CCN(C)CC1. The Morgan fingerprint density at radius 3 is 2.64 bits per heavy atom. The average Bonchev–Trinajstić information content (AvgIpc) is 3.00. The molecule has 2 aromatic rings. The van der Waals surface area contributed by atoms with E-state index in [1.807, 2.05) is 7.05 Å². The molecule has 236 valence electrons. The summed E-state index contributed by atoms with van der Waals surface area (Å²) in [5.74, 6) is 0.0645. The van der Waals surface area contributed by atoms with E-state index in [0.29, 0.717) is 34.9 Å². The van der Waals surface area contributed by atoms with Crippen LogP contribution in [0.2, 0.25) is 0 Å². The summed E-state index contributed by atoms with van der Waals surface area (Å²) >= 11 is 0. The second-order valence-electron chi connectivity index (χ2n) is 10.2. The molecule has 4 N–H and O–H groups in total. The van der Waals surface area contributed by atoms with Gasteiger partial charge in [-0.15, -0.1) is 0 Å². The first-order valence-corrected chi connectivity index (χ1v) is 14.1. The molecule has 0 radical (unpaired) electrons. The molecule has 2 aliphatic rings. The number of carbonyl (C=O) groups excluding carboxylic acids is 2. The van der Waals surface area contributed by atoms with Crippen LogP contribution in [-0.4, -0.2) is 92.9 Å². The van der Waals surface area contributed by atoms with Gasteiger partial charge < -0.3 is 39.8 Å². The molecule has 2 amide bonds. The molecule has 2 heterocycles. The number of hydrogen-bond donors (Lipinski definition) is 4. The van der Waals surface area contributed by atoms with Gasteiger partial charge in [0, 0.05) is 55.3 Å². The van der Waals surface area contributed by atoms with Crippen molar-refractivity contribution in [2.75, 3.05) is 58.5 Å². The lowest BCUT2D eigenvalue weighted by molar-refractivity contribution is -0.384. The van der Waals surface area contributed by atoms with Crippen LogP contribution in [0, 0.1) is 10.1 Å². The number of aliphatic hydroxyl groups is 1. The van der Waals surface area contributed by atoms with Crippen molar-refractivity contribution in [1.29, 1.82) is 0 Å². The first-order chi connectivity index (χ1) is 21.1. The number of piperazine rings is 1. The molecule has 0 aromatic heterocycles. The third-order valence-electron chi connectivity index (χ3n) is 7.17. The van der Waals surface area contributed by atoms with Crippen LogP contribution in [0.15, 0.2) is 52.8 Å².